The summed E-state index contributed by atoms with van der Waals surface area (Å²) in [5.74, 6) is -0.558. The maximum Gasteiger partial charge on any atom is 0.335 e. The summed E-state index contributed by atoms with van der Waals surface area (Å²) in [5, 5.41) is 0.626. The lowest BCUT2D eigenvalue weighted by Gasteiger charge is -2.12. The minimum absolute atomic E-state index is 0.0908. The molecule has 0 unspecified atom stereocenters. The van der Waals surface area contributed by atoms with E-state index in [1.807, 2.05) is 0 Å². The fourth-order valence-corrected chi connectivity index (χ4v) is 2.80. The average Bonchev–Trinajstić information content (AvgIpc) is 2.47. The van der Waals surface area contributed by atoms with E-state index in [-0.39, 0.29) is 16.1 Å². The van der Waals surface area contributed by atoms with Crippen LogP contribution in [0.15, 0.2) is 46.0 Å². The molecule has 0 fully saturated rings. The molecule has 0 saturated carbocycles. The average molecular weight is 339 g/mol. The van der Waals surface area contributed by atoms with Gasteiger partial charge in [-0.1, -0.05) is 23.2 Å². The number of rotatable bonds is 1. The Morgan fingerprint density at radius 2 is 1.77 bits per heavy atom. The Morgan fingerprint density at radius 3 is 2.45 bits per heavy atom. The maximum atomic E-state index is 13.4. The van der Waals surface area contributed by atoms with Crippen LogP contribution in [0.1, 0.15) is 0 Å². The van der Waals surface area contributed by atoms with Crippen molar-refractivity contribution >= 4 is 34.1 Å². The van der Waals surface area contributed by atoms with E-state index in [9.17, 15) is 14.0 Å². The van der Waals surface area contributed by atoms with Crippen LogP contribution in [0, 0.1) is 5.82 Å². The summed E-state index contributed by atoms with van der Waals surface area (Å²) in [6.45, 7) is 0. The Bertz CT molecular complexity index is 1020. The summed E-state index contributed by atoms with van der Waals surface area (Å²) in [5.41, 5.74) is -0.671. The van der Waals surface area contributed by atoms with E-state index in [0.717, 1.165) is 10.6 Å². The number of aromatic nitrogens is 2. The third-order valence-electron chi connectivity index (χ3n) is 3.38. The molecule has 1 heterocycles. The van der Waals surface area contributed by atoms with Gasteiger partial charge in [0.1, 0.15) is 5.82 Å². The SMILES string of the molecule is Cn1c(=O)n(-c2ccc(Cl)cc2Cl)c(=O)c2cc(F)ccc21. The zero-order valence-electron chi connectivity index (χ0n) is 11.3. The Morgan fingerprint density at radius 1 is 1.05 bits per heavy atom. The highest BCUT2D eigenvalue weighted by Crippen LogP contribution is 2.23. The highest BCUT2D eigenvalue weighted by Gasteiger charge is 2.15. The number of nitrogens with zero attached hydrogens (tertiary/aromatic N) is 2. The number of aryl methyl sites for hydroxylation is 1. The lowest BCUT2D eigenvalue weighted by atomic mass is 10.2. The number of fused-ring (bicyclic) bond motifs is 1. The molecule has 0 amide bonds. The van der Waals surface area contributed by atoms with Crippen molar-refractivity contribution in [3.8, 4) is 5.69 Å². The fraction of sp³-hybridized carbons (Fsp3) is 0.0667. The second-order valence-electron chi connectivity index (χ2n) is 4.74. The Hall–Kier alpha value is -2.11. The summed E-state index contributed by atoms with van der Waals surface area (Å²) in [6.07, 6.45) is 0. The van der Waals surface area contributed by atoms with E-state index in [1.54, 1.807) is 0 Å². The third-order valence-corrected chi connectivity index (χ3v) is 3.92. The van der Waals surface area contributed by atoms with Crippen LogP contribution in [-0.4, -0.2) is 9.13 Å². The van der Waals surface area contributed by atoms with E-state index >= 15 is 0 Å². The molecule has 0 aliphatic rings. The molecule has 0 spiro atoms. The monoisotopic (exact) mass is 338 g/mol. The molecular weight excluding hydrogens is 330 g/mol. The molecule has 0 bridgehead atoms. The highest BCUT2D eigenvalue weighted by atomic mass is 35.5. The first kappa shape index (κ1) is 14.8. The molecule has 22 heavy (non-hydrogen) atoms. The van der Waals surface area contributed by atoms with Crippen molar-refractivity contribution in [2.24, 2.45) is 7.05 Å². The second-order valence-corrected chi connectivity index (χ2v) is 5.58. The molecule has 3 aromatic rings. The highest BCUT2D eigenvalue weighted by molar-refractivity contribution is 6.35. The molecule has 0 saturated heterocycles. The normalized spacial score (nSPS) is 11.1. The number of benzene rings is 2. The lowest BCUT2D eigenvalue weighted by molar-refractivity contribution is 0.628. The molecule has 0 atom stereocenters. The van der Waals surface area contributed by atoms with Gasteiger partial charge in [-0.05, 0) is 36.4 Å². The van der Waals surface area contributed by atoms with Crippen LogP contribution >= 0.6 is 23.2 Å². The van der Waals surface area contributed by atoms with E-state index in [4.69, 9.17) is 23.2 Å². The van der Waals surface area contributed by atoms with Gasteiger partial charge in [0.05, 0.1) is 21.6 Å². The smallest absolute Gasteiger partial charge is 0.296 e. The van der Waals surface area contributed by atoms with Crippen LogP contribution < -0.4 is 11.2 Å². The van der Waals surface area contributed by atoms with Crippen molar-refractivity contribution in [2.45, 2.75) is 0 Å². The van der Waals surface area contributed by atoms with Crippen LogP contribution in [0.3, 0.4) is 0 Å². The van der Waals surface area contributed by atoms with Gasteiger partial charge in [0.15, 0.2) is 0 Å². The van der Waals surface area contributed by atoms with Crippen molar-refractivity contribution < 1.29 is 4.39 Å². The van der Waals surface area contributed by atoms with Gasteiger partial charge < -0.3 is 0 Å². The molecule has 2 aromatic carbocycles. The zero-order valence-corrected chi connectivity index (χ0v) is 12.8. The van der Waals surface area contributed by atoms with Gasteiger partial charge in [0.2, 0.25) is 0 Å². The number of hydrogen-bond acceptors (Lipinski definition) is 2. The summed E-state index contributed by atoms with van der Waals surface area (Å²) >= 11 is 11.9. The van der Waals surface area contributed by atoms with Gasteiger partial charge in [0, 0.05) is 12.1 Å². The molecule has 0 radical (unpaired) electrons. The van der Waals surface area contributed by atoms with Crippen LogP contribution in [0.4, 0.5) is 4.39 Å². The second kappa shape index (κ2) is 5.26. The Labute approximate surface area is 133 Å². The van der Waals surface area contributed by atoms with E-state index < -0.39 is 17.1 Å². The minimum atomic E-state index is -0.637. The van der Waals surface area contributed by atoms with Gasteiger partial charge >= 0.3 is 5.69 Å². The molecular formula is C15H9Cl2FN2O2. The molecule has 0 aliphatic carbocycles. The molecule has 7 heteroatoms. The molecule has 112 valence electrons. The van der Waals surface area contributed by atoms with Crippen LogP contribution in [0.2, 0.25) is 10.0 Å². The first-order valence-corrected chi connectivity index (χ1v) is 7.02. The lowest BCUT2D eigenvalue weighted by Crippen LogP contribution is -2.38. The quantitative estimate of drug-likeness (QED) is 0.684. The third kappa shape index (κ3) is 2.23. The van der Waals surface area contributed by atoms with E-state index in [1.165, 1.54) is 41.9 Å². The summed E-state index contributed by atoms with van der Waals surface area (Å²) in [4.78, 5) is 25.0. The molecule has 3 rings (SSSR count). The van der Waals surface area contributed by atoms with Crippen molar-refractivity contribution in [1.29, 1.82) is 0 Å². The minimum Gasteiger partial charge on any atom is -0.296 e. The Kier molecular flexibility index (Phi) is 3.54. The van der Waals surface area contributed by atoms with Gasteiger partial charge in [-0.3, -0.25) is 9.36 Å². The van der Waals surface area contributed by atoms with Gasteiger partial charge in [-0.15, -0.1) is 0 Å². The van der Waals surface area contributed by atoms with Crippen molar-refractivity contribution in [3.63, 3.8) is 0 Å². The summed E-state index contributed by atoms with van der Waals surface area (Å²) in [6, 6.07) is 8.10. The van der Waals surface area contributed by atoms with Gasteiger partial charge in [-0.25, -0.2) is 13.8 Å². The van der Waals surface area contributed by atoms with Crippen molar-refractivity contribution in [3.05, 3.63) is 73.1 Å². The van der Waals surface area contributed by atoms with Crippen LogP contribution in [-0.2, 0) is 7.05 Å². The van der Waals surface area contributed by atoms with Gasteiger partial charge in [0.25, 0.3) is 5.56 Å². The van der Waals surface area contributed by atoms with E-state index in [0.29, 0.717) is 10.5 Å². The number of hydrogen-bond donors (Lipinski definition) is 0. The first-order chi connectivity index (χ1) is 10.4. The van der Waals surface area contributed by atoms with Crippen LogP contribution in [0.25, 0.3) is 16.6 Å². The topological polar surface area (TPSA) is 44.0 Å². The van der Waals surface area contributed by atoms with E-state index in [2.05, 4.69) is 0 Å². The van der Waals surface area contributed by atoms with Crippen molar-refractivity contribution in [1.82, 2.24) is 9.13 Å². The summed E-state index contributed by atoms with van der Waals surface area (Å²) < 4.78 is 15.6. The van der Waals surface area contributed by atoms with Crippen LogP contribution in [0.5, 0.6) is 0 Å². The van der Waals surface area contributed by atoms with Gasteiger partial charge in [-0.2, -0.15) is 0 Å². The first-order valence-electron chi connectivity index (χ1n) is 6.27. The largest absolute Gasteiger partial charge is 0.335 e. The summed E-state index contributed by atoms with van der Waals surface area (Å²) in [7, 11) is 1.50. The maximum absolute atomic E-state index is 13.4. The molecule has 0 aliphatic heterocycles. The number of halogens is 3. The van der Waals surface area contributed by atoms with Crippen molar-refractivity contribution in [2.75, 3.05) is 0 Å². The zero-order chi connectivity index (χ0) is 16.0. The predicted octanol–water partition coefficient (Wildman–Crippen LogP) is 3.14. The fourth-order valence-electron chi connectivity index (χ4n) is 2.31. The molecule has 0 N–H and O–H groups in total. The Balaban J connectivity index is 2.50. The standard InChI is InChI=1S/C15H9Cl2FN2O2/c1-19-12-5-3-9(18)7-10(12)14(21)20(15(19)22)13-4-2-8(16)6-11(13)17/h2-7H,1H3. The molecule has 1 aromatic heterocycles. The predicted molar refractivity (Wildman–Crippen MR) is 84.8 cm³/mol. The molecule has 4 nitrogen and oxygen atoms in total.